The number of amidine groups is 1. The lowest BCUT2D eigenvalue weighted by Gasteiger charge is -2.07. The SMILES string of the molecule is C=NC(=NCC)c1ccccc1.C=NCc1cccc2c1ccc1ccccc12. The van der Waals surface area contributed by atoms with E-state index in [1.54, 1.807) is 0 Å². The third-order valence-electron chi connectivity index (χ3n) is 4.65. The van der Waals surface area contributed by atoms with Gasteiger partial charge in [-0.25, -0.2) is 4.99 Å². The topological polar surface area (TPSA) is 37.1 Å². The van der Waals surface area contributed by atoms with Crippen molar-refractivity contribution in [3.63, 3.8) is 0 Å². The van der Waals surface area contributed by atoms with Crippen LogP contribution in [0.25, 0.3) is 21.5 Å². The molecule has 0 aliphatic rings. The molecule has 0 unspecified atom stereocenters. The Hall–Kier alpha value is -3.59. The van der Waals surface area contributed by atoms with Gasteiger partial charge in [0.2, 0.25) is 0 Å². The molecule has 0 bridgehead atoms. The summed E-state index contributed by atoms with van der Waals surface area (Å²) in [5, 5.41) is 5.16. The monoisotopic (exact) mass is 379 g/mol. The minimum atomic E-state index is 0.676. The summed E-state index contributed by atoms with van der Waals surface area (Å²) in [6, 6.07) is 29.0. The molecule has 29 heavy (non-hydrogen) atoms. The molecule has 0 N–H and O–H groups in total. The first-order valence-electron chi connectivity index (χ1n) is 9.67. The third kappa shape index (κ3) is 4.82. The highest BCUT2D eigenvalue weighted by atomic mass is 14.9. The lowest BCUT2D eigenvalue weighted by Crippen LogP contribution is -1.96. The summed E-state index contributed by atoms with van der Waals surface area (Å²) in [6.07, 6.45) is 0. The van der Waals surface area contributed by atoms with Gasteiger partial charge in [0, 0.05) is 12.1 Å². The molecular weight excluding hydrogens is 354 g/mol. The third-order valence-corrected chi connectivity index (χ3v) is 4.65. The van der Waals surface area contributed by atoms with E-state index in [2.05, 4.69) is 83.0 Å². The normalized spacial score (nSPS) is 11.0. The van der Waals surface area contributed by atoms with Crippen LogP contribution in [0, 0.1) is 0 Å². The molecule has 0 heterocycles. The van der Waals surface area contributed by atoms with Gasteiger partial charge in [-0.1, -0.05) is 84.9 Å². The first-order valence-corrected chi connectivity index (χ1v) is 9.67. The molecule has 3 heteroatoms. The van der Waals surface area contributed by atoms with Crippen molar-refractivity contribution in [2.24, 2.45) is 15.0 Å². The zero-order chi connectivity index (χ0) is 20.5. The first kappa shape index (κ1) is 20.2. The van der Waals surface area contributed by atoms with E-state index in [1.165, 1.54) is 27.1 Å². The molecule has 0 aliphatic heterocycles. The number of rotatable bonds is 4. The van der Waals surface area contributed by atoms with E-state index in [4.69, 9.17) is 0 Å². The van der Waals surface area contributed by atoms with E-state index in [9.17, 15) is 0 Å². The van der Waals surface area contributed by atoms with Gasteiger partial charge in [-0.15, -0.1) is 0 Å². The molecule has 0 atom stereocenters. The van der Waals surface area contributed by atoms with Gasteiger partial charge in [0.1, 0.15) is 0 Å². The van der Waals surface area contributed by atoms with E-state index < -0.39 is 0 Å². The van der Waals surface area contributed by atoms with Crippen LogP contribution in [0.4, 0.5) is 0 Å². The van der Waals surface area contributed by atoms with Crippen molar-refractivity contribution in [3.8, 4) is 0 Å². The summed E-state index contributed by atoms with van der Waals surface area (Å²) in [6.45, 7) is 10.4. The van der Waals surface area contributed by atoms with Crippen LogP contribution in [0.5, 0.6) is 0 Å². The van der Waals surface area contributed by atoms with E-state index in [0.29, 0.717) is 6.54 Å². The van der Waals surface area contributed by atoms with Crippen molar-refractivity contribution in [3.05, 3.63) is 96.1 Å². The van der Waals surface area contributed by atoms with E-state index in [1.807, 2.05) is 37.3 Å². The Morgan fingerprint density at radius 3 is 2.17 bits per heavy atom. The second-order valence-corrected chi connectivity index (χ2v) is 6.50. The maximum atomic E-state index is 4.20. The summed E-state index contributed by atoms with van der Waals surface area (Å²) < 4.78 is 0. The molecule has 4 aromatic rings. The number of hydrogen-bond donors (Lipinski definition) is 0. The second kappa shape index (κ2) is 10.1. The molecule has 0 aromatic heterocycles. The number of nitrogens with zero attached hydrogens (tertiary/aromatic N) is 3. The van der Waals surface area contributed by atoms with Crippen molar-refractivity contribution in [2.75, 3.05) is 6.54 Å². The molecule has 0 saturated heterocycles. The molecule has 0 radical (unpaired) electrons. The van der Waals surface area contributed by atoms with Gasteiger partial charge in [-0.05, 0) is 47.5 Å². The molecule has 4 aromatic carbocycles. The van der Waals surface area contributed by atoms with Crippen molar-refractivity contribution < 1.29 is 0 Å². The zero-order valence-electron chi connectivity index (χ0n) is 16.8. The Labute approximate surface area is 172 Å². The Morgan fingerprint density at radius 1 is 0.724 bits per heavy atom. The highest BCUT2D eigenvalue weighted by Crippen LogP contribution is 2.27. The van der Waals surface area contributed by atoms with Crippen LogP contribution in [-0.4, -0.2) is 25.8 Å². The summed E-state index contributed by atoms with van der Waals surface area (Å²) >= 11 is 0. The van der Waals surface area contributed by atoms with Crippen LogP contribution in [0.15, 0.2) is 99.9 Å². The summed E-state index contributed by atoms with van der Waals surface area (Å²) in [5.41, 5.74) is 2.26. The maximum Gasteiger partial charge on any atom is 0.153 e. The number of aliphatic imine (C=N–C) groups is 3. The summed E-state index contributed by atoms with van der Waals surface area (Å²) in [4.78, 5) is 12.0. The molecule has 0 aliphatic carbocycles. The maximum absolute atomic E-state index is 4.20. The van der Waals surface area contributed by atoms with Crippen LogP contribution >= 0.6 is 0 Å². The second-order valence-electron chi connectivity index (χ2n) is 6.50. The lowest BCUT2D eigenvalue weighted by molar-refractivity contribution is 1.10. The van der Waals surface area contributed by atoms with E-state index in [-0.39, 0.29) is 0 Å². The Balaban J connectivity index is 0.000000177. The van der Waals surface area contributed by atoms with Crippen LogP contribution in [-0.2, 0) is 6.54 Å². The van der Waals surface area contributed by atoms with Gasteiger partial charge in [-0.2, -0.15) is 0 Å². The van der Waals surface area contributed by atoms with Crippen molar-refractivity contribution in [1.29, 1.82) is 0 Å². The first-order chi connectivity index (χ1) is 14.3. The fourth-order valence-corrected chi connectivity index (χ4v) is 3.33. The van der Waals surface area contributed by atoms with Gasteiger partial charge in [0.15, 0.2) is 5.84 Å². The van der Waals surface area contributed by atoms with Crippen LogP contribution in [0.3, 0.4) is 0 Å². The number of fused-ring (bicyclic) bond motifs is 3. The molecule has 144 valence electrons. The molecule has 0 saturated carbocycles. The van der Waals surface area contributed by atoms with Crippen LogP contribution < -0.4 is 0 Å². The minimum absolute atomic E-state index is 0.676. The molecule has 0 amide bonds. The van der Waals surface area contributed by atoms with E-state index >= 15 is 0 Å². The largest absolute Gasteiger partial charge is 0.296 e. The number of benzene rings is 4. The van der Waals surface area contributed by atoms with Crippen molar-refractivity contribution in [1.82, 2.24) is 0 Å². The fourth-order valence-electron chi connectivity index (χ4n) is 3.33. The van der Waals surface area contributed by atoms with Gasteiger partial charge in [0.05, 0.1) is 6.54 Å². The standard InChI is InChI=1S/C16H13N.C10H12N2/c1-17-11-13-6-4-8-16-14-7-3-2-5-12(14)9-10-15(13)16;1-3-12-10(11-2)9-7-5-4-6-8-9/h2-10H,1,11H2;4-8H,2-3H2,1H3. The summed E-state index contributed by atoms with van der Waals surface area (Å²) in [7, 11) is 0. The molecule has 4 rings (SSSR count). The van der Waals surface area contributed by atoms with Crippen molar-refractivity contribution >= 4 is 40.8 Å². The minimum Gasteiger partial charge on any atom is -0.296 e. The Bertz CT molecular complexity index is 1140. The average molecular weight is 380 g/mol. The summed E-state index contributed by atoms with van der Waals surface area (Å²) in [5.74, 6) is 0.720. The van der Waals surface area contributed by atoms with Crippen LogP contribution in [0.1, 0.15) is 18.1 Å². The fraction of sp³-hybridized carbons (Fsp3) is 0.115. The lowest BCUT2D eigenvalue weighted by atomic mass is 9.98. The zero-order valence-corrected chi connectivity index (χ0v) is 16.8. The van der Waals surface area contributed by atoms with Gasteiger partial charge in [-0.3, -0.25) is 9.98 Å². The average Bonchev–Trinajstić information content (AvgIpc) is 2.79. The molecule has 3 nitrogen and oxygen atoms in total. The van der Waals surface area contributed by atoms with Crippen LogP contribution in [0.2, 0.25) is 0 Å². The Morgan fingerprint density at radius 2 is 1.45 bits per heavy atom. The van der Waals surface area contributed by atoms with Gasteiger partial charge in [0.25, 0.3) is 0 Å². The van der Waals surface area contributed by atoms with Gasteiger partial charge < -0.3 is 0 Å². The van der Waals surface area contributed by atoms with Crippen molar-refractivity contribution in [2.45, 2.75) is 13.5 Å². The quantitative estimate of drug-likeness (QED) is 0.225. The highest BCUT2D eigenvalue weighted by molar-refractivity contribution is 6.08. The highest BCUT2D eigenvalue weighted by Gasteiger charge is 2.03. The van der Waals surface area contributed by atoms with E-state index in [0.717, 1.165) is 17.9 Å². The molecular formula is C26H25N3. The Kier molecular flexibility index (Phi) is 7.01. The predicted molar refractivity (Wildman–Crippen MR) is 128 cm³/mol. The number of hydrogen-bond acceptors (Lipinski definition) is 2. The molecule has 0 fully saturated rings. The predicted octanol–water partition coefficient (Wildman–Crippen LogP) is 6.35. The molecule has 0 spiro atoms. The van der Waals surface area contributed by atoms with Gasteiger partial charge >= 0.3 is 0 Å². The smallest absolute Gasteiger partial charge is 0.153 e.